The van der Waals surface area contributed by atoms with Gasteiger partial charge in [0.2, 0.25) is 11.7 Å². The Morgan fingerprint density at radius 3 is 2.68 bits per heavy atom. The van der Waals surface area contributed by atoms with E-state index < -0.39 is 0 Å². The van der Waals surface area contributed by atoms with E-state index in [1.807, 2.05) is 12.1 Å². The largest absolute Gasteiger partial charge is 0.339 e. The molecule has 2 aromatic rings. The van der Waals surface area contributed by atoms with Crippen LogP contribution in [0.5, 0.6) is 0 Å². The quantitative estimate of drug-likeness (QED) is 0.866. The lowest BCUT2D eigenvalue weighted by Crippen LogP contribution is -2.25. The number of nitrogens with one attached hydrogen (secondary N) is 1. The maximum Gasteiger partial charge on any atom is 0.227 e. The normalized spacial score (nSPS) is 12.6. The van der Waals surface area contributed by atoms with Gasteiger partial charge in [-0.15, -0.1) is 0 Å². The molecule has 1 heterocycles. The zero-order valence-corrected chi connectivity index (χ0v) is 11.8. The van der Waals surface area contributed by atoms with Crippen LogP contribution in [0.2, 0.25) is 0 Å². The van der Waals surface area contributed by atoms with E-state index in [0.717, 1.165) is 24.9 Å². The fraction of sp³-hybridized carbons (Fsp3) is 0.467. The molecule has 0 saturated carbocycles. The van der Waals surface area contributed by atoms with E-state index in [9.17, 15) is 0 Å². The molecule has 0 radical (unpaired) electrons. The summed E-state index contributed by atoms with van der Waals surface area (Å²) < 4.78 is 5.29. The minimum atomic E-state index is 0.472. The lowest BCUT2D eigenvalue weighted by atomic mass is 10.1. The summed E-state index contributed by atoms with van der Waals surface area (Å²) in [6.45, 7) is 7.33. The van der Waals surface area contributed by atoms with E-state index in [2.05, 4.69) is 48.4 Å². The van der Waals surface area contributed by atoms with E-state index in [-0.39, 0.29) is 0 Å². The molecule has 0 saturated heterocycles. The smallest absolute Gasteiger partial charge is 0.227 e. The Kier molecular flexibility index (Phi) is 4.68. The van der Waals surface area contributed by atoms with Crippen LogP contribution in [0.15, 0.2) is 28.8 Å². The van der Waals surface area contributed by atoms with E-state index in [0.29, 0.717) is 17.8 Å². The highest BCUT2D eigenvalue weighted by Crippen LogP contribution is 2.16. The van der Waals surface area contributed by atoms with Crippen molar-refractivity contribution in [1.82, 2.24) is 15.5 Å². The van der Waals surface area contributed by atoms with Crippen molar-refractivity contribution in [1.29, 1.82) is 0 Å². The average Bonchev–Trinajstić information content (AvgIpc) is 2.86. The lowest BCUT2D eigenvalue weighted by Gasteiger charge is -2.09. The molecule has 0 spiro atoms. The molecule has 1 unspecified atom stereocenters. The summed E-state index contributed by atoms with van der Waals surface area (Å²) in [4.78, 5) is 4.44. The van der Waals surface area contributed by atoms with Crippen LogP contribution in [-0.2, 0) is 6.42 Å². The lowest BCUT2D eigenvalue weighted by molar-refractivity contribution is 0.368. The first-order valence-electron chi connectivity index (χ1n) is 6.82. The van der Waals surface area contributed by atoms with Gasteiger partial charge in [0.25, 0.3) is 0 Å². The molecule has 0 fully saturated rings. The highest BCUT2D eigenvalue weighted by atomic mass is 16.5. The maximum absolute atomic E-state index is 5.29. The fourth-order valence-electron chi connectivity index (χ4n) is 1.97. The molecular weight excluding hydrogens is 238 g/mol. The molecule has 0 amide bonds. The van der Waals surface area contributed by atoms with Gasteiger partial charge in [-0.1, -0.05) is 41.9 Å². The molecule has 102 valence electrons. The Balaban J connectivity index is 1.97. The molecule has 1 atom stereocenters. The van der Waals surface area contributed by atoms with E-state index >= 15 is 0 Å². The first-order valence-corrected chi connectivity index (χ1v) is 6.82. The molecule has 0 aliphatic carbocycles. The SMILES string of the molecule is CCNC(C)CCc1nc(-c2ccc(C)cc2)no1. The van der Waals surface area contributed by atoms with Gasteiger partial charge in [0.15, 0.2) is 0 Å². The third-order valence-corrected chi connectivity index (χ3v) is 3.12. The summed E-state index contributed by atoms with van der Waals surface area (Å²) in [5, 5.41) is 7.40. The van der Waals surface area contributed by atoms with Gasteiger partial charge in [-0.25, -0.2) is 0 Å². The highest BCUT2D eigenvalue weighted by Gasteiger charge is 2.09. The molecule has 4 heteroatoms. The highest BCUT2D eigenvalue weighted by molar-refractivity contribution is 5.54. The van der Waals surface area contributed by atoms with Crippen molar-refractivity contribution < 1.29 is 4.52 Å². The van der Waals surface area contributed by atoms with Crippen molar-refractivity contribution in [2.24, 2.45) is 0 Å². The van der Waals surface area contributed by atoms with Crippen molar-refractivity contribution in [2.75, 3.05) is 6.54 Å². The van der Waals surface area contributed by atoms with Gasteiger partial charge < -0.3 is 9.84 Å². The summed E-state index contributed by atoms with van der Waals surface area (Å²) in [7, 11) is 0. The summed E-state index contributed by atoms with van der Waals surface area (Å²) >= 11 is 0. The van der Waals surface area contributed by atoms with Gasteiger partial charge in [-0.3, -0.25) is 0 Å². The van der Waals surface area contributed by atoms with Gasteiger partial charge in [-0.05, 0) is 26.8 Å². The summed E-state index contributed by atoms with van der Waals surface area (Å²) in [5.74, 6) is 1.38. The number of rotatable bonds is 6. The number of hydrogen-bond donors (Lipinski definition) is 1. The predicted octanol–water partition coefficient (Wildman–Crippen LogP) is 2.98. The van der Waals surface area contributed by atoms with Gasteiger partial charge >= 0.3 is 0 Å². The Bertz CT molecular complexity index is 504. The predicted molar refractivity (Wildman–Crippen MR) is 75.9 cm³/mol. The van der Waals surface area contributed by atoms with Crippen LogP contribution in [0.4, 0.5) is 0 Å². The first kappa shape index (κ1) is 13.7. The van der Waals surface area contributed by atoms with Crippen molar-refractivity contribution in [3.8, 4) is 11.4 Å². The second kappa shape index (κ2) is 6.48. The number of aryl methyl sites for hydroxylation is 2. The van der Waals surface area contributed by atoms with Crippen LogP contribution in [0.3, 0.4) is 0 Å². The third-order valence-electron chi connectivity index (χ3n) is 3.12. The van der Waals surface area contributed by atoms with Crippen molar-refractivity contribution in [3.05, 3.63) is 35.7 Å². The minimum absolute atomic E-state index is 0.472. The molecule has 0 bridgehead atoms. The van der Waals surface area contributed by atoms with Crippen molar-refractivity contribution >= 4 is 0 Å². The summed E-state index contributed by atoms with van der Waals surface area (Å²) in [6, 6.07) is 8.62. The minimum Gasteiger partial charge on any atom is -0.339 e. The average molecular weight is 259 g/mol. The number of aromatic nitrogens is 2. The molecular formula is C15H21N3O. The molecule has 1 N–H and O–H groups in total. The number of nitrogens with zero attached hydrogens (tertiary/aromatic N) is 2. The molecule has 1 aromatic heterocycles. The van der Waals surface area contributed by atoms with Crippen molar-refractivity contribution in [3.63, 3.8) is 0 Å². The van der Waals surface area contributed by atoms with Crippen LogP contribution in [0, 0.1) is 6.92 Å². The van der Waals surface area contributed by atoms with Gasteiger partial charge in [0, 0.05) is 18.0 Å². The zero-order valence-electron chi connectivity index (χ0n) is 11.8. The molecule has 0 aliphatic rings. The number of hydrogen-bond acceptors (Lipinski definition) is 4. The van der Waals surface area contributed by atoms with E-state index in [4.69, 9.17) is 4.52 Å². The monoisotopic (exact) mass is 259 g/mol. The van der Waals surface area contributed by atoms with Crippen LogP contribution >= 0.6 is 0 Å². The molecule has 2 rings (SSSR count). The second-order valence-electron chi connectivity index (χ2n) is 4.88. The molecule has 4 nitrogen and oxygen atoms in total. The van der Waals surface area contributed by atoms with E-state index in [1.54, 1.807) is 0 Å². The Labute approximate surface area is 114 Å². The Hall–Kier alpha value is -1.68. The standard InChI is InChI=1S/C15H21N3O/c1-4-16-12(3)7-10-14-17-15(18-19-14)13-8-5-11(2)6-9-13/h5-6,8-9,12,16H,4,7,10H2,1-3H3. The van der Waals surface area contributed by atoms with Gasteiger partial charge in [0.05, 0.1) is 0 Å². The second-order valence-corrected chi connectivity index (χ2v) is 4.88. The fourth-order valence-corrected chi connectivity index (χ4v) is 1.97. The van der Waals surface area contributed by atoms with Crippen LogP contribution in [-0.4, -0.2) is 22.7 Å². The molecule has 0 aliphatic heterocycles. The van der Waals surface area contributed by atoms with Crippen LogP contribution < -0.4 is 5.32 Å². The first-order chi connectivity index (χ1) is 9.19. The van der Waals surface area contributed by atoms with Crippen molar-refractivity contribution in [2.45, 2.75) is 39.7 Å². The molecule has 19 heavy (non-hydrogen) atoms. The zero-order chi connectivity index (χ0) is 13.7. The topological polar surface area (TPSA) is 51.0 Å². The van der Waals surface area contributed by atoms with Gasteiger partial charge in [0.1, 0.15) is 0 Å². The van der Waals surface area contributed by atoms with Crippen LogP contribution in [0.1, 0.15) is 31.7 Å². The Morgan fingerprint density at radius 1 is 1.26 bits per heavy atom. The summed E-state index contributed by atoms with van der Waals surface area (Å²) in [5.41, 5.74) is 2.23. The third kappa shape index (κ3) is 3.89. The Morgan fingerprint density at radius 2 is 2.00 bits per heavy atom. The van der Waals surface area contributed by atoms with E-state index in [1.165, 1.54) is 5.56 Å². The maximum atomic E-state index is 5.29. The number of benzene rings is 1. The summed E-state index contributed by atoms with van der Waals surface area (Å²) in [6.07, 6.45) is 1.82. The van der Waals surface area contributed by atoms with Gasteiger partial charge in [-0.2, -0.15) is 4.98 Å². The van der Waals surface area contributed by atoms with Crippen LogP contribution in [0.25, 0.3) is 11.4 Å². The molecule has 1 aromatic carbocycles.